The lowest BCUT2D eigenvalue weighted by atomic mass is 9.89. The Bertz CT molecular complexity index is 2960. The summed E-state index contributed by atoms with van der Waals surface area (Å²) in [6.07, 6.45) is 6.36. The minimum Gasteiger partial charge on any atom is -0.485 e. The third-order valence-electron chi connectivity index (χ3n) is 10.4. The summed E-state index contributed by atoms with van der Waals surface area (Å²) in [6.45, 7) is 0. The fraction of sp³-hybridized carbons (Fsp3) is 0.0426. The van der Waals surface area contributed by atoms with Crippen molar-refractivity contribution in [1.82, 2.24) is 15.0 Å². The van der Waals surface area contributed by atoms with Gasteiger partial charge in [-0.2, -0.15) is 0 Å². The lowest BCUT2D eigenvalue weighted by molar-refractivity contribution is 0.269. The van der Waals surface area contributed by atoms with Gasteiger partial charge in [0.05, 0.1) is 0 Å². The quantitative estimate of drug-likeness (QED) is 0.175. The van der Waals surface area contributed by atoms with E-state index in [4.69, 9.17) is 24.1 Å². The Morgan fingerprint density at radius 2 is 1.23 bits per heavy atom. The van der Waals surface area contributed by atoms with Crippen LogP contribution in [0.15, 0.2) is 168 Å². The lowest BCUT2D eigenvalue weighted by Gasteiger charge is -2.18. The molecule has 2 unspecified atom stereocenters. The van der Waals surface area contributed by atoms with E-state index in [2.05, 4.69) is 103 Å². The van der Waals surface area contributed by atoms with Gasteiger partial charge in [0.25, 0.3) is 0 Å². The summed E-state index contributed by atoms with van der Waals surface area (Å²) in [6, 6.07) is 50.5. The van der Waals surface area contributed by atoms with Crippen molar-refractivity contribution in [2.45, 2.75) is 12.0 Å². The van der Waals surface area contributed by atoms with E-state index in [1.807, 2.05) is 60.7 Å². The molecule has 2 aromatic heterocycles. The van der Waals surface area contributed by atoms with E-state index in [0.29, 0.717) is 17.5 Å². The molecule has 0 spiro atoms. The molecule has 0 radical (unpaired) electrons. The van der Waals surface area contributed by atoms with Crippen LogP contribution < -0.4 is 4.74 Å². The molecule has 0 fully saturated rings. The Hall–Kier alpha value is -6.85. The standard InChI is InChI=1S/C47H29N3O2/c1-2-11-30(12-3-1)45-48-46(32-22-23-36-35-14-6-8-16-40(35)51-42(36)26-32)50-47(49-45)39-25-33(27-43-44(39)37-15-7-9-17-41(37)52-43)31-21-20-29-19-18-28-10-4-5-13-34(28)38(29)24-31/h1-27,36,42H. The van der Waals surface area contributed by atoms with Crippen molar-refractivity contribution in [1.29, 1.82) is 0 Å². The molecule has 11 rings (SSSR count). The fourth-order valence-corrected chi connectivity index (χ4v) is 7.92. The van der Waals surface area contributed by atoms with E-state index >= 15 is 0 Å². The number of rotatable bonds is 4. The molecule has 5 nitrogen and oxygen atoms in total. The van der Waals surface area contributed by atoms with Crippen molar-refractivity contribution in [3.63, 3.8) is 0 Å². The number of aromatic nitrogens is 3. The van der Waals surface area contributed by atoms with Crippen molar-refractivity contribution >= 4 is 49.1 Å². The molecule has 1 aliphatic heterocycles. The van der Waals surface area contributed by atoms with E-state index in [9.17, 15) is 0 Å². The third-order valence-corrected chi connectivity index (χ3v) is 10.4. The number of hydrogen-bond acceptors (Lipinski definition) is 5. The van der Waals surface area contributed by atoms with Gasteiger partial charge in [0, 0.05) is 39.0 Å². The first-order valence-corrected chi connectivity index (χ1v) is 17.6. The maximum Gasteiger partial charge on any atom is 0.164 e. The molecule has 9 aromatic rings. The van der Waals surface area contributed by atoms with Crippen molar-refractivity contribution in [3.05, 3.63) is 175 Å². The highest BCUT2D eigenvalue weighted by Crippen LogP contribution is 2.44. The van der Waals surface area contributed by atoms with Gasteiger partial charge < -0.3 is 9.15 Å². The fourth-order valence-electron chi connectivity index (χ4n) is 7.92. The topological polar surface area (TPSA) is 61.0 Å². The van der Waals surface area contributed by atoms with Gasteiger partial charge in [0.15, 0.2) is 17.5 Å². The van der Waals surface area contributed by atoms with Gasteiger partial charge in [-0.15, -0.1) is 0 Å². The van der Waals surface area contributed by atoms with Crippen LogP contribution in [0.1, 0.15) is 17.3 Å². The van der Waals surface area contributed by atoms with Crippen LogP contribution in [-0.2, 0) is 0 Å². The zero-order chi connectivity index (χ0) is 34.2. The molecule has 0 saturated heterocycles. The summed E-state index contributed by atoms with van der Waals surface area (Å²) in [5.41, 5.74) is 7.63. The molecule has 7 aromatic carbocycles. The maximum atomic E-state index is 6.56. The average Bonchev–Trinajstić information content (AvgIpc) is 3.78. The van der Waals surface area contributed by atoms with Crippen molar-refractivity contribution < 1.29 is 9.15 Å². The van der Waals surface area contributed by atoms with E-state index in [1.165, 1.54) is 27.1 Å². The summed E-state index contributed by atoms with van der Waals surface area (Å²) < 4.78 is 13.0. The van der Waals surface area contributed by atoms with Gasteiger partial charge >= 0.3 is 0 Å². The van der Waals surface area contributed by atoms with Crippen LogP contribution in [-0.4, -0.2) is 21.1 Å². The zero-order valence-corrected chi connectivity index (χ0v) is 27.9. The van der Waals surface area contributed by atoms with Gasteiger partial charge in [-0.1, -0.05) is 127 Å². The minimum atomic E-state index is -0.130. The third kappa shape index (κ3) is 4.60. The highest BCUT2D eigenvalue weighted by Gasteiger charge is 2.33. The first-order chi connectivity index (χ1) is 25.7. The summed E-state index contributed by atoms with van der Waals surface area (Å²) in [5, 5.41) is 6.85. The van der Waals surface area contributed by atoms with Gasteiger partial charge in [0.2, 0.25) is 0 Å². The molecular weight excluding hydrogens is 639 g/mol. The van der Waals surface area contributed by atoms with Crippen molar-refractivity contribution in [3.8, 4) is 39.7 Å². The molecule has 52 heavy (non-hydrogen) atoms. The monoisotopic (exact) mass is 667 g/mol. The molecule has 3 heterocycles. The van der Waals surface area contributed by atoms with Crippen LogP contribution in [0.5, 0.6) is 5.75 Å². The van der Waals surface area contributed by atoms with Crippen LogP contribution in [0.25, 0.3) is 83.0 Å². The van der Waals surface area contributed by atoms with Crippen LogP contribution in [0.4, 0.5) is 0 Å². The normalized spacial score (nSPS) is 16.3. The molecule has 5 heteroatoms. The Morgan fingerprint density at radius 1 is 0.500 bits per heavy atom. The van der Waals surface area contributed by atoms with E-state index in [-0.39, 0.29) is 12.0 Å². The number of para-hydroxylation sites is 2. The average molecular weight is 668 g/mol. The molecule has 2 aliphatic rings. The largest absolute Gasteiger partial charge is 0.485 e. The smallest absolute Gasteiger partial charge is 0.164 e. The van der Waals surface area contributed by atoms with Gasteiger partial charge in [0.1, 0.15) is 23.0 Å². The highest BCUT2D eigenvalue weighted by atomic mass is 16.5. The number of benzene rings is 7. The second-order valence-electron chi connectivity index (χ2n) is 13.5. The predicted octanol–water partition coefficient (Wildman–Crippen LogP) is 11.6. The summed E-state index contributed by atoms with van der Waals surface area (Å²) in [5.74, 6) is 2.87. The van der Waals surface area contributed by atoms with Crippen LogP contribution in [0.2, 0.25) is 0 Å². The van der Waals surface area contributed by atoms with Crippen LogP contribution in [0, 0.1) is 0 Å². The Kier molecular flexibility index (Phi) is 6.31. The van der Waals surface area contributed by atoms with Gasteiger partial charge in [-0.25, -0.2) is 15.0 Å². The van der Waals surface area contributed by atoms with E-state index in [0.717, 1.165) is 55.5 Å². The molecule has 2 atom stereocenters. The summed E-state index contributed by atoms with van der Waals surface area (Å²) in [4.78, 5) is 15.5. The Balaban J connectivity index is 1.13. The van der Waals surface area contributed by atoms with Gasteiger partial charge in [-0.05, 0) is 69.1 Å². The summed E-state index contributed by atoms with van der Waals surface area (Å²) >= 11 is 0. The number of allylic oxidation sites excluding steroid dienone is 2. The molecular formula is C47H29N3O2. The van der Waals surface area contributed by atoms with Crippen molar-refractivity contribution in [2.75, 3.05) is 0 Å². The predicted molar refractivity (Wildman–Crippen MR) is 209 cm³/mol. The number of fused-ring (bicyclic) bond motifs is 9. The van der Waals surface area contributed by atoms with E-state index < -0.39 is 0 Å². The lowest BCUT2D eigenvalue weighted by Crippen LogP contribution is -2.18. The second-order valence-corrected chi connectivity index (χ2v) is 13.5. The molecule has 1 aliphatic carbocycles. The number of hydrogen-bond donors (Lipinski definition) is 0. The first-order valence-electron chi connectivity index (χ1n) is 17.6. The highest BCUT2D eigenvalue weighted by molar-refractivity contribution is 6.14. The Labute approximate surface area is 299 Å². The maximum absolute atomic E-state index is 6.56. The zero-order valence-electron chi connectivity index (χ0n) is 27.9. The van der Waals surface area contributed by atoms with Gasteiger partial charge in [-0.3, -0.25) is 0 Å². The molecule has 244 valence electrons. The first kappa shape index (κ1) is 28.9. The number of nitrogens with zero attached hydrogens (tertiary/aromatic N) is 3. The SMILES string of the molecule is C1=CC2c3ccccc3OC2C=C1c1nc(-c2ccccc2)nc(-c2cc(-c3ccc4ccc5ccccc5c4c3)cc3oc4ccccc4c23)n1. The molecule has 0 amide bonds. The van der Waals surface area contributed by atoms with E-state index in [1.54, 1.807) is 0 Å². The minimum absolute atomic E-state index is 0.130. The molecule has 0 N–H and O–H groups in total. The number of furan rings is 1. The number of ether oxygens (including phenoxy) is 1. The molecule has 0 saturated carbocycles. The van der Waals surface area contributed by atoms with Crippen molar-refractivity contribution in [2.24, 2.45) is 0 Å². The summed E-state index contributed by atoms with van der Waals surface area (Å²) in [7, 11) is 0. The Morgan fingerprint density at radius 3 is 2.15 bits per heavy atom. The second kappa shape index (κ2) is 11.3. The molecule has 0 bridgehead atoms. The van der Waals surface area contributed by atoms with Crippen LogP contribution >= 0.6 is 0 Å². The van der Waals surface area contributed by atoms with Crippen LogP contribution in [0.3, 0.4) is 0 Å².